The van der Waals surface area contributed by atoms with Gasteiger partial charge in [0.1, 0.15) is 0 Å². The predicted octanol–water partition coefficient (Wildman–Crippen LogP) is 3.58. The number of sulfonamides is 1. The Morgan fingerprint density at radius 1 is 1.12 bits per heavy atom. The third-order valence-electron chi connectivity index (χ3n) is 4.62. The molecule has 0 aliphatic rings. The molecule has 0 aromatic heterocycles. The monoisotopic (exact) mass is 374 g/mol. The maximum Gasteiger partial charge on any atom is 0.251 e. The minimum absolute atomic E-state index is 0.0990. The van der Waals surface area contributed by atoms with E-state index in [1.165, 1.54) is 18.2 Å². The van der Waals surface area contributed by atoms with Crippen molar-refractivity contribution in [2.75, 3.05) is 17.6 Å². The fourth-order valence-corrected chi connectivity index (χ4v) is 3.18. The molecule has 6 heteroatoms. The highest BCUT2D eigenvalue weighted by molar-refractivity contribution is 7.92. The molecule has 140 valence electrons. The van der Waals surface area contributed by atoms with Gasteiger partial charge in [0, 0.05) is 12.6 Å². The summed E-state index contributed by atoms with van der Waals surface area (Å²) in [5.41, 5.74) is 4.35. The number of anilines is 1. The molecule has 1 atom stereocenters. The molecule has 5 nitrogen and oxygen atoms in total. The summed E-state index contributed by atoms with van der Waals surface area (Å²) in [5.74, 6) is -0.223. The van der Waals surface area contributed by atoms with Crippen LogP contribution < -0.4 is 9.62 Å². The fraction of sp³-hybridized carbons (Fsp3) is 0.350. The van der Waals surface area contributed by atoms with Crippen LogP contribution in [0.3, 0.4) is 0 Å². The molecule has 2 rings (SSSR count). The van der Waals surface area contributed by atoms with Crippen LogP contribution in [-0.4, -0.2) is 27.6 Å². The van der Waals surface area contributed by atoms with Gasteiger partial charge in [-0.25, -0.2) is 8.42 Å². The van der Waals surface area contributed by atoms with E-state index in [9.17, 15) is 13.2 Å². The Balaban J connectivity index is 2.24. The third-order valence-corrected chi connectivity index (χ3v) is 5.82. The van der Waals surface area contributed by atoms with Gasteiger partial charge in [0.05, 0.1) is 18.0 Å². The molecule has 0 fully saturated rings. The number of amides is 1. The highest BCUT2D eigenvalue weighted by Gasteiger charge is 2.17. The number of rotatable bonds is 6. The Bertz CT molecular complexity index is 907. The lowest BCUT2D eigenvalue weighted by molar-refractivity contribution is 0.0935. The molecule has 1 amide bonds. The summed E-state index contributed by atoms with van der Waals surface area (Å²) in [7, 11) is -1.91. The van der Waals surface area contributed by atoms with Crippen LogP contribution in [0.25, 0.3) is 0 Å². The van der Waals surface area contributed by atoms with Gasteiger partial charge in [0.2, 0.25) is 10.0 Å². The SMILES string of the molecule is CC[C@H](NC(=O)c1cccc(N(C)S(C)(=O)=O)c1)c1ccc(C)c(C)c1. The maximum atomic E-state index is 12.7. The molecule has 0 bridgehead atoms. The smallest absolute Gasteiger partial charge is 0.251 e. The lowest BCUT2D eigenvalue weighted by Crippen LogP contribution is -2.29. The second kappa shape index (κ2) is 7.91. The van der Waals surface area contributed by atoms with Crippen LogP contribution in [0, 0.1) is 13.8 Å². The van der Waals surface area contributed by atoms with Gasteiger partial charge in [-0.15, -0.1) is 0 Å². The standard InChI is InChI=1S/C20H26N2O3S/c1-6-19(16-11-10-14(2)15(3)12-16)21-20(23)17-8-7-9-18(13-17)22(4)26(5,24)25/h7-13,19H,6H2,1-5H3,(H,21,23)/t19-/m0/s1. The van der Waals surface area contributed by atoms with Crippen LogP contribution in [0.1, 0.15) is 46.4 Å². The molecule has 26 heavy (non-hydrogen) atoms. The van der Waals surface area contributed by atoms with E-state index in [2.05, 4.69) is 31.3 Å². The zero-order valence-electron chi connectivity index (χ0n) is 15.9. The van der Waals surface area contributed by atoms with Gasteiger partial charge < -0.3 is 5.32 Å². The minimum atomic E-state index is -3.38. The van der Waals surface area contributed by atoms with Crippen LogP contribution >= 0.6 is 0 Å². The number of aryl methyl sites for hydroxylation is 2. The third kappa shape index (κ3) is 4.64. The summed E-state index contributed by atoms with van der Waals surface area (Å²) in [6.45, 7) is 6.13. The van der Waals surface area contributed by atoms with Gasteiger partial charge in [-0.3, -0.25) is 9.10 Å². The van der Waals surface area contributed by atoms with Crippen molar-refractivity contribution in [2.24, 2.45) is 0 Å². The lowest BCUT2D eigenvalue weighted by atomic mass is 9.99. The van der Waals surface area contributed by atoms with Crippen molar-refractivity contribution in [3.63, 3.8) is 0 Å². The van der Waals surface area contributed by atoms with E-state index in [1.54, 1.807) is 24.3 Å². The van der Waals surface area contributed by atoms with Crippen molar-refractivity contribution in [1.82, 2.24) is 5.32 Å². The summed E-state index contributed by atoms with van der Waals surface area (Å²) in [6, 6.07) is 12.7. The van der Waals surface area contributed by atoms with Crippen LogP contribution in [0.2, 0.25) is 0 Å². The molecule has 0 saturated heterocycles. The van der Waals surface area contributed by atoms with E-state index >= 15 is 0 Å². The molecule has 2 aromatic rings. The van der Waals surface area contributed by atoms with Gasteiger partial charge in [-0.1, -0.05) is 31.2 Å². The topological polar surface area (TPSA) is 66.5 Å². The van der Waals surface area contributed by atoms with Crippen LogP contribution in [0.15, 0.2) is 42.5 Å². The zero-order chi connectivity index (χ0) is 19.5. The highest BCUT2D eigenvalue weighted by atomic mass is 32.2. The molecular formula is C20H26N2O3S. The predicted molar refractivity (Wildman–Crippen MR) is 106 cm³/mol. The summed E-state index contributed by atoms with van der Waals surface area (Å²) < 4.78 is 24.6. The second-order valence-electron chi connectivity index (χ2n) is 6.56. The number of carbonyl (C=O) groups excluding carboxylic acids is 1. The van der Waals surface area contributed by atoms with Crippen molar-refractivity contribution in [3.05, 3.63) is 64.7 Å². The van der Waals surface area contributed by atoms with Crippen molar-refractivity contribution in [2.45, 2.75) is 33.2 Å². The van der Waals surface area contributed by atoms with E-state index in [4.69, 9.17) is 0 Å². The van der Waals surface area contributed by atoms with Crippen LogP contribution in [0.4, 0.5) is 5.69 Å². The van der Waals surface area contributed by atoms with Gasteiger partial charge >= 0.3 is 0 Å². The van der Waals surface area contributed by atoms with Gasteiger partial charge in [-0.05, 0) is 55.2 Å². The molecular weight excluding hydrogens is 348 g/mol. The van der Waals surface area contributed by atoms with Crippen molar-refractivity contribution in [3.8, 4) is 0 Å². The summed E-state index contributed by atoms with van der Waals surface area (Å²) in [5, 5.41) is 3.04. The molecule has 2 aromatic carbocycles. The van der Waals surface area contributed by atoms with Crippen molar-refractivity contribution < 1.29 is 13.2 Å². The number of nitrogens with one attached hydrogen (secondary N) is 1. The average Bonchev–Trinajstić information content (AvgIpc) is 2.60. The van der Waals surface area contributed by atoms with E-state index < -0.39 is 10.0 Å². The van der Waals surface area contributed by atoms with Gasteiger partial charge in [-0.2, -0.15) is 0 Å². The Kier molecular flexibility index (Phi) is 6.08. The Morgan fingerprint density at radius 2 is 1.81 bits per heavy atom. The largest absolute Gasteiger partial charge is 0.345 e. The molecule has 0 spiro atoms. The molecule has 0 aliphatic carbocycles. The highest BCUT2D eigenvalue weighted by Crippen LogP contribution is 2.22. The van der Waals surface area contributed by atoms with Crippen molar-refractivity contribution in [1.29, 1.82) is 0 Å². The summed E-state index contributed by atoms with van der Waals surface area (Å²) >= 11 is 0. The first-order chi connectivity index (χ1) is 12.1. The Labute approximate surface area is 156 Å². The zero-order valence-corrected chi connectivity index (χ0v) is 16.7. The molecule has 0 aliphatic heterocycles. The number of benzene rings is 2. The van der Waals surface area contributed by atoms with E-state index in [-0.39, 0.29) is 11.9 Å². The molecule has 0 unspecified atom stereocenters. The lowest BCUT2D eigenvalue weighted by Gasteiger charge is -2.20. The van der Waals surface area contributed by atoms with Crippen molar-refractivity contribution >= 4 is 21.6 Å². The van der Waals surface area contributed by atoms with Gasteiger partial charge in [0.25, 0.3) is 5.91 Å². The quantitative estimate of drug-likeness (QED) is 0.840. The Hall–Kier alpha value is -2.34. The van der Waals surface area contributed by atoms with E-state index in [1.807, 2.05) is 13.0 Å². The number of nitrogens with zero attached hydrogens (tertiary/aromatic N) is 1. The number of hydrogen-bond donors (Lipinski definition) is 1. The second-order valence-corrected chi connectivity index (χ2v) is 8.57. The van der Waals surface area contributed by atoms with E-state index in [0.29, 0.717) is 11.3 Å². The van der Waals surface area contributed by atoms with Gasteiger partial charge in [0.15, 0.2) is 0 Å². The fourth-order valence-electron chi connectivity index (χ4n) is 2.68. The number of hydrogen-bond acceptors (Lipinski definition) is 3. The summed E-state index contributed by atoms with van der Waals surface area (Å²) in [4.78, 5) is 12.7. The summed E-state index contributed by atoms with van der Waals surface area (Å²) in [6.07, 6.45) is 1.89. The first-order valence-electron chi connectivity index (χ1n) is 8.55. The average molecular weight is 375 g/mol. The van der Waals surface area contributed by atoms with Crippen LogP contribution in [0.5, 0.6) is 0 Å². The maximum absolute atomic E-state index is 12.7. The normalized spacial score (nSPS) is 12.5. The molecule has 0 radical (unpaired) electrons. The van der Waals surface area contributed by atoms with Crippen LogP contribution in [-0.2, 0) is 10.0 Å². The minimum Gasteiger partial charge on any atom is -0.345 e. The first-order valence-corrected chi connectivity index (χ1v) is 10.4. The van der Waals surface area contributed by atoms with E-state index in [0.717, 1.165) is 22.5 Å². The molecule has 0 heterocycles. The molecule has 1 N–H and O–H groups in total. The number of carbonyl (C=O) groups is 1. The molecule has 0 saturated carbocycles. The Morgan fingerprint density at radius 3 is 2.38 bits per heavy atom. The first kappa shape index (κ1) is 20.0.